The Labute approximate surface area is 491 Å². The molecule has 3 unspecified atom stereocenters. The van der Waals surface area contributed by atoms with Crippen LogP contribution in [0.1, 0.15) is 285 Å². The molecule has 0 saturated heterocycles. The maximum atomic E-state index is 12.9. The summed E-state index contributed by atoms with van der Waals surface area (Å²) >= 11 is 0. The van der Waals surface area contributed by atoms with E-state index in [-0.39, 0.29) is 25.7 Å². The molecule has 0 fully saturated rings. The molecule has 0 heterocycles. The molecule has 0 aliphatic heterocycles. The van der Waals surface area contributed by atoms with Gasteiger partial charge in [0.15, 0.2) is 12.2 Å². The highest BCUT2D eigenvalue weighted by molar-refractivity contribution is 7.47. The van der Waals surface area contributed by atoms with Crippen molar-refractivity contribution in [3.63, 3.8) is 0 Å². The number of hydrogen-bond donors (Lipinski definition) is 3. The van der Waals surface area contributed by atoms with Gasteiger partial charge in [-0.3, -0.25) is 37.3 Å². The Hall–Kier alpha value is -2.46. The summed E-state index contributed by atoms with van der Waals surface area (Å²) in [5.41, 5.74) is 0. The molecule has 0 aliphatic carbocycles. The van der Waals surface area contributed by atoms with Crippen LogP contribution in [-0.2, 0) is 65.4 Å². The average Bonchev–Trinajstić information content (AvgIpc) is 3.44. The predicted octanol–water partition coefficient (Wildman–Crippen LogP) is 16.6. The minimum Gasteiger partial charge on any atom is -0.462 e. The number of carbonyl (C=O) groups excluding carboxylic acids is 4. The number of ether oxygens (including phenoxy) is 4. The molecule has 6 atom stereocenters. The number of aliphatic hydroxyl groups excluding tert-OH is 1. The lowest BCUT2D eigenvalue weighted by Crippen LogP contribution is -2.30. The Balaban J connectivity index is 5.20. The van der Waals surface area contributed by atoms with Gasteiger partial charge in [-0.2, -0.15) is 0 Å². The summed E-state index contributed by atoms with van der Waals surface area (Å²) in [5, 5.41) is 10.5. The van der Waals surface area contributed by atoms with Gasteiger partial charge in [-0.25, -0.2) is 9.13 Å². The number of rotatable bonds is 60. The zero-order valence-corrected chi connectivity index (χ0v) is 53.2. The number of unbranched alkanes of at least 4 members (excludes halogenated alkanes) is 28. The highest BCUT2D eigenvalue weighted by Crippen LogP contribution is 2.45. The molecule has 0 aliphatic rings. The highest BCUT2D eigenvalue weighted by atomic mass is 31.2. The predicted molar refractivity (Wildman–Crippen MR) is 321 cm³/mol. The summed E-state index contributed by atoms with van der Waals surface area (Å²) in [4.78, 5) is 71.7. The van der Waals surface area contributed by atoms with E-state index in [0.717, 1.165) is 128 Å². The molecule has 0 amide bonds. The van der Waals surface area contributed by atoms with Gasteiger partial charge in [-0.15, -0.1) is 0 Å². The first-order valence-electron chi connectivity index (χ1n) is 32.0. The SMILES string of the molecule is CCCCCC/C=C\C=C/CCCCCCCC(=O)O[C@H](COC(=O)CCCCCCCCCCCCC(C)CC)COP(=O)(O)OC[C@@H](O)COP(=O)(O)OC[C@@H](COC(=O)CCCCCCC)OC(=O)CCCCCCCCC. The van der Waals surface area contributed by atoms with Crippen molar-refractivity contribution in [1.82, 2.24) is 0 Å². The third kappa shape index (κ3) is 55.2. The average molecular weight is 1200 g/mol. The molecule has 0 aromatic heterocycles. The maximum Gasteiger partial charge on any atom is 0.472 e. The number of carbonyl (C=O) groups is 4. The van der Waals surface area contributed by atoms with Crippen LogP contribution in [-0.4, -0.2) is 96.7 Å². The topological polar surface area (TPSA) is 237 Å². The van der Waals surface area contributed by atoms with Crippen molar-refractivity contribution < 1.29 is 80.2 Å². The van der Waals surface area contributed by atoms with E-state index in [2.05, 4.69) is 58.9 Å². The van der Waals surface area contributed by atoms with Gasteiger partial charge in [0.1, 0.15) is 19.3 Å². The van der Waals surface area contributed by atoms with Crippen molar-refractivity contribution in [2.45, 2.75) is 303 Å². The minimum absolute atomic E-state index is 0.0847. The van der Waals surface area contributed by atoms with Crippen molar-refractivity contribution in [1.29, 1.82) is 0 Å². The Morgan fingerprint density at radius 1 is 0.395 bits per heavy atom. The van der Waals surface area contributed by atoms with Crippen LogP contribution in [0, 0.1) is 5.92 Å². The van der Waals surface area contributed by atoms with Crippen LogP contribution in [0.4, 0.5) is 0 Å². The molecular weight excluding hydrogens is 1080 g/mol. The standard InChI is InChI=1S/C62H116O17P2/c1-6-10-13-16-18-19-20-21-22-23-24-29-33-38-43-48-62(67)79-58(52-73-60(65)46-41-36-32-28-26-25-27-31-35-39-44-55(5)9-4)54-77-81(70,71)75-50-56(63)49-74-80(68,69)76-53-57(51-72-59(64)45-40-34-15-12-8-3)78-61(66)47-42-37-30-17-14-11-7-2/h19-22,55-58,63H,6-18,23-54H2,1-5H3,(H,68,69)(H,70,71)/b20-19-,22-21-/t55?,56-,57+,58+/m0/s1. The first kappa shape index (κ1) is 78.5. The van der Waals surface area contributed by atoms with Crippen LogP contribution in [0.25, 0.3) is 0 Å². The summed E-state index contributed by atoms with van der Waals surface area (Å²) in [6.07, 6.45) is 41.6. The normalized spacial score (nSPS) is 14.8. The zero-order chi connectivity index (χ0) is 59.9. The molecule has 81 heavy (non-hydrogen) atoms. The molecule has 0 bridgehead atoms. The first-order chi connectivity index (χ1) is 39.1. The molecule has 0 rings (SSSR count). The van der Waals surface area contributed by atoms with Gasteiger partial charge in [0, 0.05) is 25.7 Å². The van der Waals surface area contributed by atoms with Crippen molar-refractivity contribution in [3.8, 4) is 0 Å². The van der Waals surface area contributed by atoms with E-state index in [9.17, 15) is 43.2 Å². The van der Waals surface area contributed by atoms with Gasteiger partial charge >= 0.3 is 39.5 Å². The second kappa shape index (κ2) is 55.4. The molecule has 0 radical (unpaired) electrons. The van der Waals surface area contributed by atoms with Crippen molar-refractivity contribution >= 4 is 39.5 Å². The van der Waals surface area contributed by atoms with E-state index in [1.165, 1.54) is 77.0 Å². The number of aliphatic hydroxyl groups is 1. The third-order valence-electron chi connectivity index (χ3n) is 14.0. The van der Waals surface area contributed by atoms with E-state index in [0.29, 0.717) is 25.7 Å². The van der Waals surface area contributed by atoms with Crippen LogP contribution in [0.2, 0.25) is 0 Å². The fourth-order valence-corrected chi connectivity index (χ4v) is 10.2. The molecule has 0 aromatic carbocycles. The number of allylic oxidation sites excluding steroid dienone is 4. The lowest BCUT2D eigenvalue weighted by atomic mass is 9.99. The van der Waals surface area contributed by atoms with E-state index in [4.69, 9.17) is 37.0 Å². The fraction of sp³-hybridized carbons (Fsp3) is 0.871. The second-order valence-corrected chi connectivity index (χ2v) is 24.9. The molecule has 17 nitrogen and oxygen atoms in total. The molecule has 0 spiro atoms. The van der Waals surface area contributed by atoms with E-state index >= 15 is 0 Å². The Morgan fingerprint density at radius 3 is 1.05 bits per heavy atom. The van der Waals surface area contributed by atoms with Crippen molar-refractivity contribution in [3.05, 3.63) is 24.3 Å². The number of esters is 4. The van der Waals surface area contributed by atoms with E-state index < -0.39 is 97.5 Å². The molecular formula is C62H116O17P2. The van der Waals surface area contributed by atoms with Crippen LogP contribution in [0.15, 0.2) is 24.3 Å². The quantitative estimate of drug-likeness (QED) is 0.0169. The van der Waals surface area contributed by atoms with Gasteiger partial charge in [0.2, 0.25) is 0 Å². The second-order valence-electron chi connectivity index (χ2n) is 22.0. The Bertz CT molecular complexity index is 1680. The third-order valence-corrected chi connectivity index (χ3v) is 15.9. The molecule has 0 aromatic rings. The minimum atomic E-state index is -4.95. The lowest BCUT2D eigenvalue weighted by Gasteiger charge is -2.21. The van der Waals surface area contributed by atoms with Gasteiger partial charge in [0.05, 0.1) is 26.4 Å². The summed E-state index contributed by atoms with van der Waals surface area (Å²) in [7, 11) is -9.88. The summed E-state index contributed by atoms with van der Waals surface area (Å²) in [6.45, 7) is 7.00. The van der Waals surface area contributed by atoms with Crippen LogP contribution in [0.5, 0.6) is 0 Å². The van der Waals surface area contributed by atoms with Gasteiger partial charge in [-0.1, -0.05) is 232 Å². The Kier molecular flexibility index (Phi) is 53.7. The smallest absolute Gasteiger partial charge is 0.462 e. The Morgan fingerprint density at radius 2 is 0.691 bits per heavy atom. The fourth-order valence-electron chi connectivity index (χ4n) is 8.66. The summed E-state index contributed by atoms with van der Waals surface area (Å²) in [6, 6.07) is 0. The monoisotopic (exact) mass is 1190 g/mol. The van der Waals surface area contributed by atoms with Gasteiger partial charge < -0.3 is 33.8 Å². The molecule has 476 valence electrons. The number of phosphoric ester groups is 2. The van der Waals surface area contributed by atoms with Gasteiger partial charge in [0.25, 0.3) is 0 Å². The first-order valence-corrected chi connectivity index (χ1v) is 35.0. The highest BCUT2D eigenvalue weighted by Gasteiger charge is 2.30. The number of hydrogen-bond acceptors (Lipinski definition) is 15. The van der Waals surface area contributed by atoms with Crippen LogP contribution in [0.3, 0.4) is 0 Å². The lowest BCUT2D eigenvalue weighted by molar-refractivity contribution is -0.161. The number of phosphoric acid groups is 2. The molecule has 3 N–H and O–H groups in total. The van der Waals surface area contributed by atoms with Crippen LogP contribution >= 0.6 is 15.6 Å². The maximum absolute atomic E-state index is 12.9. The largest absolute Gasteiger partial charge is 0.472 e. The molecule has 19 heteroatoms. The van der Waals surface area contributed by atoms with Crippen molar-refractivity contribution in [2.24, 2.45) is 5.92 Å². The van der Waals surface area contributed by atoms with Crippen LogP contribution < -0.4 is 0 Å². The summed E-state index contributed by atoms with van der Waals surface area (Å²) in [5.74, 6) is -1.37. The molecule has 0 saturated carbocycles. The van der Waals surface area contributed by atoms with Crippen molar-refractivity contribution in [2.75, 3.05) is 39.6 Å². The zero-order valence-electron chi connectivity index (χ0n) is 51.4. The van der Waals surface area contributed by atoms with Gasteiger partial charge in [-0.05, 0) is 57.3 Å². The summed E-state index contributed by atoms with van der Waals surface area (Å²) < 4.78 is 67.6. The van der Waals surface area contributed by atoms with E-state index in [1.54, 1.807) is 0 Å². The van der Waals surface area contributed by atoms with E-state index in [1.807, 2.05) is 0 Å².